The average Bonchev–Trinajstić information content (AvgIpc) is 3.29. The van der Waals surface area contributed by atoms with Crippen LogP contribution >= 0.6 is 24.0 Å². The maximum atomic E-state index is 5.55. The molecule has 27 heavy (non-hydrogen) atoms. The van der Waals surface area contributed by atoms with Gasteiger partial charge in [-0.3, -0.25) is 4.99 Å². The summed E-state index contributed by atoms with van der Waals surface area (Å²) in [6.45, 7) is 9.44. The second-order valence-corrected chi connectivity index (χ2v) is 6.12. The highest BCUT2D eigenvalue weighted by molar-refractivity contribution is 14.0. The van der Waals surface area contributed by atoms with Crippen molar-refractivity contribution in [3.63, 3.8) is 0 Å². The maximum absolute atomic E-state index is 5.55. The number of aromatic nitrogens is 2. The van der Waals surface area contributed by atoms with E-state index in [0.29, 0.717) is 38.6 Å². The minimum Gasteiger partial charge on any atom is -0.467 e. The topological polar surface area (TPSA) is 97.7 Å². The minimum atomic E-state index is 0. The van der Waals surface area contributed by atoms with Crippen LogP contribution in [-0.2, 0) is 17.8 Å². The van der Waals surface area contributed by atoms with E-state index < -0.39 is 0 Å². The van der Waals surface area contributed by atoms with Crippen LogP contribution in [0.2, 0.25) is 0 Å². The normalized spacial score (nSPS) is 11.5. The van der Waals surface area contributed by atoms with Crippen molar-refractivity contribution in [3.05, 3.63) is 35.9 Å². The van der Waals surface area contributed by atoms with E-state index >= 15 is 0 Å². The maximum Gasteiger partial charge on any atom is 0.228 e. The molecule has 0 aromatic carbocycles. The predicted octanol–water partition coefficient (Wildman–Crippen LogP) is 3.11. The fourth-order valence-electron chi connectivity index (χ4n) is 2.16. The van der Waals surface area contributed by atoms with E-state index in [9.17, 15) is 0 Å². The van der Waals surface area contributed by atoms with E-state index in [0.717, 1.165) is 30.5 Å². The number of furan rings is 1. The Hall–Kier alpha value is -1.62. The van der Waals surface area contributed by atoms with E-state index in [-0.39, 0.29) is 29.9 Å². The molecule has 0 saturated heterocycles. The Morgan fingerprint density at radius 1 is 1.33 bits per heavy atom. The van der Waals surface area contributed by atoms with Gasteiger partial charge in [-0.05, 0) is 25.5 Å². The van der Waals surface area contributed by atoms with Crippen molar-refractivity contribution in [2.24, 2.45) is 4.99 Å². The van der Waals surface area contributed by atoms with Crippen LogP contribution in [0.15, 0.2) is 32.3 Å². The fourth-order valence-corrected chi connectivity index (χ4v) is 2.16. The van der Waals surface area contributed by atoms with Gasteiger partial charge in [-0.2, -0.15) is 4.98 Å². The molecule has 0 amide bonds. The van der Waals surface area contributed by atoms with Crippen LogP contribution in [0.3, 0.4) is 0 Å². The standard InChI is InChI=1S/C18H29N5O3.HI/c1-4-19-18(20-9-6-11-24-13-15-7-5-12-25-15)21-10-8-16-22-17(14(2)3)23-26-16;/h5,7,12,14H,4,6,8-11,13H2,1-3H3,(H2,19,20,21);1H. The molecule has 152 valence electrons. The minimum absolute atomic E-state index is 0. The second-order valence-electron chi connectivity index (χ2n) is 6.12. The Morgan fingerprint density at radius 3 is 2.85 bits per heavy atom. The number of guanidine groups is 1. The molecule has 2 aromatic rings. The predicted molar refractivity (Wildman–Crippen MR) is 114 cm³/mol. The Bertz CT molecular complexity index is 643. The molecule has 0 radical (unpaired) electrons. The van der Waals surface area contributed by atoms with Crippen molar-refractivity contribution < 1.29 is 13.7 Å². The van der Waals surface area contributed by atoms with Gasteiger partial charge < -0.3 is 24.3 Å². The molecular formula is C18H30IN5O3. The first-order chi connectivity index (χ1) is 12.7. The third kappa shape index (κ3) is 9.23. The number of hydrogen-bond acceptors (Lipinski definition) is 6. The lowest BCUT2D eigenvalue weighted by atomic mass is 10.2. The first-order valence-electron chi connectivity index (χ1n) is 9.13. The van der Waals surface area contributed by atoms with Crippen LogP contribution in [0.25, 0.3) is 0 Å². The molecule has 0 unspecified atom stereocenters. The summed E-state index contributed by atoms with van der Waals surface area (Å²) in [6, 6.07) is 3.76. The van der Waals surface area contributed by atoms with Crippen molar-refractivity contribution in [1.82, 2.24) is 20.8 Å². The molecule has 0 aliphatic heterocycles. The van der Waals surface area contributed by atoms with Crippen molar-refractivity contribution in [1.29, 1.82) is 0 Å². The molecule has 0 aliphatic carbocycles. The quantitative estimate of drug-likeness (QED) is 0.216. The Labute approximate surface area is 177 Å². The molecule has 2 heterocycles. The molecule has 2 rings (SSSR count). The highest BCUT2D eigenvalue weighted by Crippen LogP contribution is 2.09. The lowest BCUT2D eigenvalue weighted by Gasteiger charge is -2.10. The van der Waals surface area contributed by atoms with E-state index in [1.54, 1.807) is 6.26 Å². The third-order valence-corrected chi connectivity index (χ3v) is 3.52. The highest BCUT2D eigenvalue weighted by atomic mass is 127. The van der Waals surface area contributed by atoms with Crippen LogP contribution in [0.5, 0.6) is 0 Å². The van der Waals surface area contributed by atoms with E-state index in [1.165, 1.54) is 0 Å². The van der Waals surface area contributed by atoms with E-state index in [2.05, 4.69) is 25.8 Å². The summed E-state index contributed by atoms with van der Waals surface area (Å²) in [5.74, 6) is 3.28. The number of rotatable bonds is 11. The molecule has 0 aliphatic rings. The third-order valence-electron chi connectivity index (χ3n) is 3.52. The van der Waals surface area contributed by atoms with Gasteiger partial charge in [0.2, 0.25) is 5.89 Å². The molecule has 0 bridgehead atoms. The molecule has 2 N–H and O–H groups in total. The van der Waals surface area contributed by atoms with Gasteiger partial charge in [0.25, 0.3) is 0 Å². The SMILES string of the molecule is CCNC(=NCCCOCc1ccco1)NCCc1nc(C(C)C)no1.I. The number of ether oxygens (including phenoxy) is 1. The summed E-state index contributed by atoms with van der Waals surface area (Å²) in [5, 5.41) is 10.5. The molecule has 0 atom stereocenters. The van der Waals surface area contributed by atoms with Crippen LogP contribution in [0.4, 0.5) is 0 Å². The molecule has 9 heteroatoms. The van der Waals surface area contributed by atoms with Gasteiger partial charge in [-0.1, -0.05) is 19.0 Å². The fraction of sp³-hybridized carbons (Fsp3) is 0.611. The van der Waals surface area contributed by atoms with E-state index in [1.807, 2.05) is 32.9 Å². The Balaban J connectivity index is 0.00000364. The molecule has 0 saturated carbocycles. The van der Waals surface area contributed by atoms with Crippen molar-refractivity contribution >= 4 is 29.9 Å². The Kier molecular flexibility index (Phi) is 11.7. The summed E-state index contributed by atoms with van der Waals surface area (Å²) >= 11 is 0. The summed E-state index contributed by atoms with van der Waals surface area (Å²) in [4.78, 5) is 8.90. The summed E-state index contributed by atoms with van der Waals surface area (Å²) in [7, 11) is 0. The molecule has 0 fully saturated rings. The summed E-state index contributed by atoms with van der Waals surface area (Å²) in [5.41, 5.74) is 0. The zero-order valence-corrected chi connectivity index (χ0v) is 18.6. The first-order valence-corrected chi connectivity index (χ1v) is 9.13. The smallest absolute Gasteiger partial charge is 0.228 e. The van der Waals surface area contributed by atoms with Gasteiger partial charge in [0.1, 0.15) is 12.4 Å². The zero-order valence-electron chi connectivity index (χ0n) is 16.2. The highest BCUT2D eigenvalue weighted by Gasteiger charge is 2.09. The lowest BCUT2D eigenvalue weighted by Crippen LogP contribution is -2.38. The number of nitrogens with zero attached hydrogens (tertiary/aromatic N) is 3. The second kappa shape index (κ2) is 13.5. The molecule has 8 nitrogen and oxygen atoms in total. The monoisotopic (exact) mass is 491 g/mol. The van der Waals surface area contributed by atoms with Crippen molar-refractivity contribution in [2.75, 3.05) is 26.2 Å². The average molecular weight is 491 g/mol. The number of aliphatic imine (C=N–C) groups is 1. The van der Waals surface area contributed by atoms with Crippen LogP contribution in [0, 0.1) is 0 Å². The van der Waals surface area contributed by atoms with Gasteiger partial charge in [-0.15, -0.1) is 24.0 Å². The zero-order chi connectivity index (χ0) is 18.6. The largest absolute Gasteiger partial charge is 0.467 e. The molecular weight excluding hydrogens is 461 g/mol. The summed E-state index contributed by atoms with van der Waals surface area (Å²) in [6.07, 6.45) is 3.16. The molecule has 2 aromatic heterocycles. The van der Waals surface area contributed by atoms with Gasteiger partial charge >= 0.3 is 0 Å². The van der Waals surface area contributed by atoms with Crippen LogP contribution in [-0.4, -0.2) is 42.3 Å². The van der Waals surface area contributed by atoms with Gasteiger partial charge in [0, 0.05) is 38.6 Å². The van der Waals surface area contributed by atoms with Gasteiger partial charge in [0.05, 0.1) is 6.26 Å². The van der Waals surface area contributed by atoms with Crippen LogP contribution in [0.1, 0.15) is 50.6 Å². The summed E-state index contributed by atoms with van der Waals surface area (Å²) < 4.78 is 16.0. The van der Waals surface area contributed by atoms with Crippen molar-refractivity contribution in [2.45, 2.75) is 46.1 Å². The molecule has 0 spiro atoms. The number of nitrogens with one attached hydrogen (secondary N) is 2. The van der Waals surface area contributed by atoms with Gasteiger partial charge in [0.15, 0.2) is 11.8 Å². The van der Waals surface area contributed by atoms with Gasteiger partial charge in [-0.25, -0.2) is 0 Å². The van der Waals surface area contributed by atoms with Crippen LogP contribution < -0.4 is 10.6 Å². The van der Waals surface area contributed by atoms with Crippen molar-refractivity contribution in [3.8, 4) is 0 Å². The lowest BCUT2D eigenvalue weighted by molar-refractivity contribution is 0.105. The first kappa shape index (κ1) is 23.4. The Morgan fingerprint density at radius 2 is 2.19 bits per heavy atom. The number of halogens is 1. The number of hydrogen-bond donors (Lipinski definition) is 2. The van der Waals surface area contributed by atoms with E-state index in [4.69, 9.17) is 13.7 Å².